The van der Waals surface area contributed by atoms with Gasteiger partial charge in [0.1, 0.15) is 12.4 Å². The summed E-state index contributed by atoms with van der Waals surface area (Å²) in [5, 5.41) is 6.28. The summed E-state index contributed by atoms with van der Waals surface area (Å²) in [6.45, 7) is 3.41. The van der Waals surface area contributed by atoms with Crippen LogP contribution < -0.4 is 15.4 Å². The second-order valence-electron chi connectivity index (χ2n) is 5.40. The van der Waals surface area contributed by atoms with Gasteiger partial charge in [-0.25, -0.2) is 8.78 Å². The van der Waals surface area contributed by atoms with Crippen LogP contribution in [-0.2, 0) is 6.42 Å². The van der Waals surface area contributed by atoms with Crippen LogP contribution in [0.15, 0.2) is 41.7 Å². The van der Waals surface area contributed by atoms with E-state index in [0.717, 1.165) is 30.7 Å². The molecule has 0 amide bonds. The second kappa shape index (κ2) is 9.56. The van der Waals surface area contributed by atoms with Crippen molar-refractivity contribution in [2.75, 3.05) is 26.7 Å². The predicted molar refractivity (Wildman–Crippen MR) is 93.9 cm³/mol. The molecule has 0 saturated carbocycles. The predicted octanol–water partition coefficient (Wildman–Crippen LogP) is 2.45. The lowest BCUT2D eigenvalue weighted by atomic mass is 10.1. The molecule has 1 heterocycles. The van der Waals surface area contributed by atoms with Crippen molar-refractivity contribution >= 4 is 5.96 Å². The monoisotopic (exact) mass is 348 g/mol. The molecular formula is C18H22F2N4O. The fourth-order valence-corrected chi connectivity index (χ4v) is 2.24. The number of guanidine groups is 1. The molecule has 2 N–H and O–H groups in total. The minimum Gasteiger partial charge on any atom is -0.489 e. The van der Waals surface area contributed by atoms with Crippen LogP contribution in [0.3, 0.4) is 0 Å². The van der Waals surface area contributed by atoms with Crippen LogP contribution in [0.1, 0.15) is 11.1 Å². The number of halogens is 2. The Balaban J connectivity index is 1.69. The number of benzene rings is 1. The lowest BCUT2D eigenvalue weighted by molar-refractivity contribution is 0.304. The third-order valence-electron chi connectivity index (χ3n) is 3.59. The molecule has 0 atom stereocenters. The number of aliphatic imine (C=N–C) groups is 1. The highest BCUT2D eigenvalue weighted by molar-refractivity contribution is 5.79. The molecule has 0 aliphatic heterocycles. The maximum Gasteiger partial charge on any atom is 0.191 e. The van der Waals surface area contributed by atoms with E-state index in [0.29, 0.717) is 12.5 Å². The first-order valence-electron chi connectivity index (χ1n) is 8.02. The lowest BCUT2D eigenvalue weighted by Gasteiger charge is -2.13. The average Bonchev–Trinajstić information content (AvgIpc) is 2.60. The van der Waals surface area contributed by atoms with E-state index < -0.39 is 11.6 Å². The molecule has 2 aromatic rings. The van der Waals surface area contributed by atoms with Gasteiger partial charge in [0.25, 0.3) is 0 Å². The van der Waals surface area contributed by atoms with Crippen LogP contribution in [0.25, 0.3) is 0 Å². The van der Waals surface area contributed by atoms with E-state index in [1.807, 2.05) is 19.2 Å². The quantitative estimate of drug-likeness (QED) is 0.458. The van der Waals surface area contributed by atoms with Crippen molar-refractivity contribution < 1.29 is 13.5 Å². The second-order valence-corrected chi connectivity index (χ2v) is 5.40. The Hall–Kier alpha value is -2.70. The van der Waals surface area contributed by atoms with Gasteiger partial charge >= 0.3 is 0 Å². The van der Waals surface area contributed by atoms with Crippen molar-refractivity contribution in [1.29, 1.82) is 0 Å². The zero-order valence-corrected chi connectivity index (χ0v) is 14.4. The summed E-state index contributed by atoms with van der Waals surface area (Å²) in [5.41, 5.74) is 2.38. The lowest BCUT2D eigenvalue weighted by Crippen LogP contribution is -2.40. The summed E-state index contributed by atoms with van der Waals surface area (Å²) in [4.78, 5) is 8.19. The van der Waals surface area contributed by atoms with Crippen LogP contribution in [-0.4, -0.2) is 37.7 Å². The van der Waals surface area contributed by atoms with Crippen molar-refractivity contribution in [3.63, 3.8) is 0 Å². The molecular weight excluding hydrogens is 326 g/mol. The summed E-state index contributed by atoms with van der Waals surface area (Å²) in [6.07, 6.45) is 4.47. The minimum absolute atomic E-state index is 0.0271. The first kappa shape index (κ1) is 18.6. The largest absolute Gasteiger partial charge is 0.489 e. The molecule has 2 rings (SSSR count). The number of pyridine rings is 1. The van der Waals surface area contributed by atoms with Gasteiger partial charge in [-0.1, -0.05) is 0 Å². The minimum atomic E-state index is -0.713. The van der Waals surface area contributed by atoms with Crippen LogP contribution in [0, 0.1) is 18.6 Å². The molecule has 7 heteroatoms. The summed E-state index contributed by atoms with van der Waals surface area (Å²) in [7, 11) is 1.67. The summed E-state index contributed by atoms with van der Waals surface area (Å²) >= 11 is 0. The Labute approximate surface area is 146 Å². The number of hydrogen-bond donors (Lipinski definition) is 2. The highest BCUT2D eigenvalue weighted by Gasteiger charge is 2.05. The number of aromatic nitrogens is 1. The molecule has 0 saturated heterocycles. The van der Waals surface area contributed by atoms with Gasteiger partial charge in [0, 0.05) is 32.1 Å². The molecule has 134 valence electrons. The first-order chi connectivity index (χ1) is 12.1. The highest BCUT2D eigenvalue weighted by atomic mass is 19.1. The number of rotatable bonds is 7. The van der Waals surface area contributed by atoms with Gasteiger partial charge in [0.15, 0.2) is 17.5 Å². The van der Waals surface area contributed by atoms with Crippen molar-refractivity contribution in [2.45, 2.75) is 13.3 Å². The normalized spacial score (nSPS) is 11.3. The van der Waals surface area contributed by atoms with Crippen molar-refractivity contribution in [1.82, 2.24) is 15.6 Å². The molecule has 5 nitrogen and oxygen atoms in total. The summed E-state index contributed by atoms with van der Waals surface area (Å²) < 4.78 is 31.5. The SMILES string of the molecule is CN=C(NCCOc1ccc(F)cc1F)NCCc1ccncc1C. The van der Waals surface area contributed by atoms with Gasteiger partial charge in [-0.2, -0.15) is 0 Å². The van der Waals surface area contributed by atoms with Crippen LogP contribution in [0.2, 0.25) is 0 Å². The maximum absolute atomic E-state index is 13.4. The number of ether oxygens (including phenoxy) is 1. The highest BCUT2D eigenvalue weighted by Crippen LogP contribution is 2.17. The van der Waals surface area contributed by atoms with Gasteiger partial charge < -0.3 is 15.4 Å². The molecule has 1 aromatic heterocycles. The summed E-state index contributed by atoms with van der Waals surface area (Å²) in [6, 6.07) is 5.23. The van der Waals surface area contributed by atoms with Gasteiger partial charge in [0.2, 0.25) is 0 Å². The number of aryl methyl sites for hydroxylation is 1. The van der Waals surface area contributed by atoms with E-state index >= 15 is 0 Å². The van der Waals surface area contributed by atoms with E-state index in [-0.39, 0.29) is 12.4 Å². The van der Waals surface area contributed by atoms with Crippen LogP contribution in [0.5, 0.6) is 5.75 Å². The third-order valence-corrected chi connectivity index (χ3v) is 3.59. The fraction of sp³-hybridized carbons (Fsp3) is 0.333. The Morgan fingerprint density at radius 2 is 2.00 bits per heavy atom. The molecule has 0 bridgehead atoms. The zero-order chi connectivity index (χ0) is 18.1. The average molecular weight is 348 g/mol. The fourth-order valence-electron chi connectivity index (χ4n) is 2.24. The van der Waals surface area contributed by atoms with Crippen LogP contribution >= 0.6 is 0 Å². The number of nitrogens with zero attached hydrogens (tertiary/aromatic N) is 2. The number of nitrogens with one attached hydrogen (secondary N) is 2. The van der Waals surface area contributed by atoms with Gasteiger partial charge in [-0.15, -0.1) is 0 Å². The molecule has 0 unspecified atom stereocenters. The molecule has 0 aliphatic carbocycles. The summed E-state index contributed by atoms with van der Waals surface area (Å²) in [5.74, 6) is -0.679. The topological polar surface area (TPSA) is 58.5 Å². The van der Waals surface area contributed by atoms with Gasteiger partial charge in [0.05, 0.1) is 6.54 Å². The Morgan fingerprint density at radius 1 is 1.20 bits per heavy atom. The molecule has 0 fully saturated rings. The smallest absolute Gasteiger partial charge is 0.191 e. The van der Waals surface area contributed by atoms with E-state index in [4.69, 9.17) is 4.74 Å². The maximum atomic E-state index is 13.4. The van der Waals surface area contributed by atoms with E-state index in [1.54, 1.807) is 13.2 Å². The molecule has 1 aromatic carbocycles. The zero-order valence-electron chi connectivity index (χ0n) is 14.4. The van der Waals surface area contributed by atoms with Crippen molar-refractivity contribution in [2.24, 2.45) is 4.99 Å². The van der Waals surface area contributed by atoms with Crippen molar-refractivity contribution in [3.05, 3.63) is 59.4 Å². The van der Waals surface area contributed by atoms with Gasteiger partial charge in [-0.3, -0.25) is 9.98 Å². The Bertz CT molecular complexity index is 722. The number of hydrogen-bond acceptors (Lipinski definition) is 3. The molecule has 0 radical (unpaired) electrons. The molecule has 0 aliphatic rings. The van der Waals surface area contributed by atoms with E-state index in [2.05, 4.69) is 20.6 Å². The van der Waals surface area contributed by atoms with Crippen molar-refractivity contribution in [3.8, 4) is 5.75 Å². The van der Waals surface area contributed by atoms with E-state index in [1.165, 1.54) is 11.6 Å². The Morgan fingerprint density at radius 3 is 2.72 bits per heavy atom. The molecule has 25 heavy (non-hydrogen) atoms. The van der Waals surface area contributed by atoms with Gasteiger partial charge in [-0.05, 0) is 42.7 Å². The third kappa shape index (κ3) is 6.02. The first-order valence-corrected chi connectivity index (χ1v) is 8.02. The Kier molecular flexibility index (Phi) is 7.13. The van der Waals surface area contributed by atoms with Crippen LogP contribution in [0.4, 0.5) is 8.78 Å². The van der Waals surface area contributed by atoms with E-state index in [9.17, 15) is 8.78 Å². The standard InChI is InChI=1S/C18H22F2N4O/c1-13-12-22-7-5-14(13)6-8-23-18(21-2)24-9-10-25-17-4-3-15(19)11-16(17)20/h3-5,7,11-12H,6,8-10H2,1-2H3,(H2,21,23,24). The molecule has 0 spiro atoms.